The van der Waals surface area contributed by atoms with E-state index in [0.29, 0.717) is 18.3 Å². The van der Waals surface area contributed by atoms with Gasteiger partial charge in [0.2, 0.25) is 0 Å². The van der Waals surface area contributed by atoms with Gasteiger partial charge in [-0.15, -0.1) is 0 Å². The van der Waals surface area contributed by atoms with Crippen molar-refractivity contribution in [1.82, 2.24) is 29.7 Å². The second-order valence-electron chi connectivity index (χ2n) is 9.18. The van der Waals surface area contributed by atoms with Crippen LogP contribution in [0.2, 0.25) is 0 Å². The number of benzene rings is 2. The maximum atomic E-state index is 7.73. The molecule has 2 aliphatic heterocycles. The lowest BCUT2D eigenvalue weighted by atomic mass is 10.00. The van der Waals surface area contributed by atoms with Gasteiger partial charge in [-0.25, -0.2) is 14.3 Å². The van der Waals surface area contributed by atoms with Gasteiger partial charge in [0.15, 0.2) is 11.3 Å². The van der Waals surface area contributed by atoms with Crippen LogP contribution >= 0.6 is 0 Å². The number of fused-ring (bicyclic) bond motifs is 5. The van der Waals surface area contributed by atoms with E-state index in [1.807, 2.05) is 24.4 Å². The number of piperazine rings is 1. The fourth-order valence-electron chi connectivity index (χ4n) is 5.22. The first-order valence-electron chi connectivity index (χ1n) is 11.6. The number of hydrogen-bond donors (Lipinski definition) is 1. The van der Waals surface area contributed by atoms with Crippen molar-refractivity contribution in [3.05, 3.63) is 66.4 Å². The van der Waals surface area contributed by atoms with Crippen LogP contribution in [0, 0.1) is 6.57 Å². The molecule has 172 valence electrons. The van der Waals surface area contributed by atoms with Crippen LogP contribution < -0.4 is 9.64 Å². The van der Waals surface area contributed by atoms with Crippen LogP contribution in [0.5, 0.6) is 5.75 Å². The van der Waals surface area contributed by atoms with E-state index >= 15 is 0 Å². The summed E-state index contributed by atoms with van der Waals surface area (Å²) in [5.41, 5.74) is 6.71. The number of aromatic nitrogens is 5. The van der Waals surface area contributed by atoms with Gasteiger partial charge in [0.05, 0.1) is 35.7 Å². The Hall–Kier alpha value is -4.42. The van der Waals surface area contributed by atoms with Crippen LogP contribution in [0.3, 0.4) is 0 Å². The molecule has 0 bridgehead atoms. The van der Waals surface area contributed by atoms with Crippen molar-refractivity contribution in [1.29, 1.82) is 0 Å². The first kappa shape index (κ1) is 20.0. The molecule has 1 fully saturated rings. The molecule has 5 heterocycles. The first-order valence-corrected chi connectivity index (χ1v) is 11.6. The Morgan fingerprint density at radius 1 is 1.14 bits per heavy atom. The minimum atomic E-state index is 0.383. The zero-order valence-corrected chi connectivity index (χ0v) is 19.1. The molecule has 1 saturated heterocycles. The number of rotatable bonds is 2. The van der Waals surface area contributed by atoms with Gasteiger partial charge in [0.25, 0.3) is 0 Å². The third-order valence-corrected chi connectivity index (χ3v) is 7.02. The van der Waals surface area contributed by atoms with Crippen molar-refractivity contribution in [2.45, 2.75) is 6.04 Å². The average molecular weight is 463 g/mol. The van der Waals surface area contributed by atoms with E-state index in [0.717, 1.165) is 70.0 Å². The minimum Gasteiger partial charge on any atom is -0.489 e. The molecule has 2 aliphatic rings. The molecule has 1 unspecified atom stereocenters. The molecule has 0 radical (unpaired) electrons. The molecule has 35 heavy (non-hydrogen) atoms. The summed E-state index contributed by atoms with van der Waals surface area (Å²) < 4.78 is 7.91. The summed E-state index contributed by atoms with van der Waals surface area (Å²) in [5, 5.41) is 13.0. The van der Waals surface area contributed by atoms with Crippen LogP contribution in [-0.2, 0) is 0 Å². The van der Waals surface area contributed by atoms with Gasteiger partial charge in [-0.05, 0) is 30.8 Å². The van der Waals surface area contributed by atoms with Crippen molar-refractivity contribution >= 4 is 27.9 Å². The Balaban J connectivity index is 1.32. The molecule has 0 aliphatic carbocycles. The zero-order chi connectivity index (χ0) is 23.5. The fourth-order valence-corrected chi connectivity index (χ4v) is 5.22. The van der Waals surface area contributed by atoms with Gasteiger partial charge in [0, 0.05) is 54.6 Å². The Morgan fingerprint density at radius 3 is 3.00 bits per heavy atom. The highest BCUT2D eigenvalue weighted by atomic mass is 16.5. The van der Waals surface area contributed by atoms with Crippen LogP contribution in [0.4, 0.5) is 11.4 Å². The van der Waals surface area contributed by atoms with E-state index in [1.54, 1.807) is 16.9 Å². The van der Waals surface area contributed by atoms with E-state index in [1.165, 1.54) is 0 Å². The molecule has 7 rings (SSSR count). The Bertz CT molecular complexity index is 1640. The molecule has 9 nitrogen and oxygen atoms in total. The van der Waals surface area contributed by atoms with Gasteiger partial charge in [-0.3, -0.25) is 5.10 Å². The number of likely N-dealkylation sites (N-methyl/N-ethyl adjacent to an activating group) is 1. The molecule has 9 heteroatoms. The molecule has 0 amide bonds. The van der Waals surface area contributed by atoms with E-state index in [4.69, 9.17) is 11.3 Å². The topological polar surface area (TPSA) is 78.9 Å². The molecule has 5 aromatic rings. The third kappa shape index (κ3) is 3.15. The second-order valence-corrected chi connectivity index (χ2v) is 9.18. The van der Waals surface area contributed by atoms with Gasteiger partial charge < -0.3 is 14.5 Å². The second kappa shape index (κ2) is 7.55. The summed E-state index contributed by atoms with van der Waals surface area (Å²) >= 11 is 0. The largest absolute Gasteiger partial charge is 0.489 e. The Morgan fingerprint density at radius 2 is 2.09 bits per heavy atom. The molecular formula is C26H22N8O. The highest BCUT2D eigenvalue weighted by molar-refractivity contribution is 6.00. The predicted molar refractivity (Wildman–Crippen MR) is 134 cm³/mol. The van der Waals surface area contributed by atoms with E-state index < -0.39 is 0 Å². The Labute approximate surface area is 201 Å². The highest BCUT2D eigenvalue weighted by Gasteiger charge is 2.32. The maximum Gasteiger partial charge on any atom is 0.197 e. The van der Waals surface area contributed by atoms with Crippen molar-refractivity contribution in [2.75, 3.05) is 38.2 Å². The summed E-state index contributed by atoms with van der Waals surface area (Å²) in [6.45, 7) is 11.5. The summed E-state index contributed by atoms with van der Waals surface area (Å²) in [6.07, 6.45) is 5.39. The molecule has 2 aromatic carbocycles. The number of ether oxygens (including phenoxy) is 1. The monoisotopic (exact) mass is 462 g/mol. The van der Waals surface area contributed by atoms with E-state index in [2.05, 4.69) is 60.2 Å². The maximum absolute atomic E-state index is 7.73. The van der Waals surface area contributed by atoms with E-state index in [9.17, 15) is 0 Å². The number of nitrogens with zero attached hydrogens (tertiary/aromatic N) is 7. The smallest absolute Gasteiger partial charge is 0.197 e. The normalized spacial score (nSPS) is 17.7. The summed E-state index contributed by atoms with van der Waals surface area (Å²) in [7, 11) is 2.16. The average Bonchev–Trinajstić information content (AvgIpc) is 3.53. The number of aromatic amines is 1. The van der Waals surface area contributed by atoms with Crippen molar-refractivity contribution in [3.8, 4) is 28.1 Å². The van der Waals surface area contributed by atoms with Crippen molar-refractivity contribution < 1.29 is 4.74 Å². The quantitative estimate of drug-likeness (QED) is 0.400. The summed E-state index contributed by atoms with van der Waals surface area (Å²) in [5.74, 6) is 0.894. The lowest BCUT2D eigenvalue weighted by Crippen LogP contribution is -2.56. The third-order valence-electron chi connectivity index (χ3n) is 7.02. The Kier molecular flexibility index (Phi) is 4.31. The summed E-state index contributed by atoms with van der Waals surface area (Å²) in [6, 6.07) is 12.4. The molecule has 0 spiro atoms. The van der Waals surface area contributed by atoms with Gasteiger partial charge in [-0.1, -0.05) is 12.1 Å². The number of H-pyrrole nitrogens is 1. The molecule has 0 saturated carbocycles. The fraction of sp³-hybridized carbons (Fsp3) is 0.231. The molecule has 1 atom stereocenters. The van der Waals surface area contributed by atoms with Crippen LogP contribution in [0.1, 0.15) is 0 Å². The lowest BCUT2D eigenvalue weighted by molar-refractivity contribution is 0.188. The molecule has 1 N–H and O–H groups in total. The van der Waals surface area contributed by atoms with Crippen molar-refractivity contribution in [2.24, 2.45) is 0 Å². The SMILES string of the molecule is [C-]#[N+]c1cc2[nH]nc(-c3ccc4c(c3)OCC3CN(C)CCN43)c2cc1-c1cnc2ccnn2c1. The standard InChI is InChI=1S/C26H22N8O/c1-27-21-11-22-20(10-19(21)17-12-28-25-5-6-29-34(25)13-17)26(31-30-22)16-3-4-23-24(9-16)35-15-18-14-32(2)7-8-33(18)23/h3-6,9-13,18H,7-8,14-15H2,2H3,(H,30,31). The number of hydrogen-bond acceptors (Lipinski definition) is 6. The van der Waals surface area contributed by atoms with Gasteiger partial charge >= 0.3 is 0 Å². The summed E-state index contributed by atoms with van der Waals surface area (Å²) in [4.78, 5) is 13.1. The minimum absolute atomic E-state index is 0.383. The van der Waals surface area contributed by atoms with Crippen molar-refractivity contribution in [3.63, 3.8) is 0 Å². The number of nitrogens with one attached hydrogen (secondary N) is 1. The van der Waals surface area contributed by atoms with Gasteiger partial charge in [0.1, 0.15) is 12.4 Å². The highest BCUT2D eigenvalue weighted by Crippen LogP contribution is 2.41. The lowest BCUT2D eigenvalue weighted by Gasteiger charge is -2.44. The molecular weight excluding hydrogens is 440 g/mol. The van der Waals surface area contributed by atoms with Crippen LogP contribution in [-0.4, -0.2) is 69.0 Å². The van der Waals surface area contributed by atoms with Crippen LogP contribution in [0.15, 0.2) is 55.0 Å². The number of anilines is 1. The van der Waals surface area contributed by atoms with Gasteiger partial charge in [-0.2, -0.15) is 10.2 Å². The van der Waals surface area contributed by atoms with Crippen LogP contribution in [0.25, 0.3) is 43.8 Å². The zero-order valence-electron chi connectivity index (χ0n) is 19.1. The first-order chi connectivity index (χ1) is 17.2. The van der Waals surface area contributed by atoms with E-state index in [-0.39, 0.29) is 0 Å². The predicted octanol–water partition coefficient (Wildman–Crippen LogP) is 4.00. The molecule has 3 aromatic heterocycles.